The van der Waals surface area contributed by atoms with Gasteiger partial charge in [0.1, 0.15) is 16.4 Å². The molecule has 3 aromatic rings. The monoisotopic (exact) mass is 365 g/mol. The van der Waals surface area contributed by atoms with Gasteiger partial charge in [-0.3, -0.25) is 0 Å². The minimum Gasteiger partial charge on any atom is -0.465 e. The number of thiophene rings is 1. The molecule has 0 unspecified atom stereocenters. The van der Waals surface area contributed by atoms with Crippen LogP contribution in [0.25, 0.3) is 10.3 Å². The second-order valence-electron chi connectivity index (χ2n) is 4.79. The molecule has 0 atom stereocenters. The van der Waals surface area contributed by atoms with Gasteiger partial charge in [0.2, 0.25) is 0 Å². The average Bonchev–Trinajstić information content (AvgIpc) is 2.98. The van der Waals surface area contributed by atoms with Crippen molar-refractivity contribution in [3.63, 3.8) is 0 Å². The third-order valence-electron chi connectivity index (χ3n) is 3.18. The van der Waals surface area contributed by atoms with Crippen LogP contribution in [0, 0.1) is 5.82 Å². The summed E-state index contributed by atoms with van der Waals surface area (Å²) in [5.74, 6) is -1.02. The van der Waals surface area contributed by atoms with Gasteiger partial charge in [0.25, 0.3) is 0 Å². The third-order valence-corrected chi connectivity index (χ3v) is 5.39. The summed E-state index contributed by atoms with van der Waals surface area (Å²) in [7, 11) is 3.05. The number of carbonyl (C=O) groups excluding carboxylic acids is 1. The average molecular weight is 365 g/mol. The summed E-state index contributed by atoms with van der Waals surface area (Å²) in [5, 5.41) is 0.824. The van der Waals surface area contributed by atoms with Crippen LogP contribution in [-0.2, 0) is 4.74 Å². The molecule has 0 spiro atoms. The Bertz CT molecular complexity index is 949. The predicted octanol–water partition coefficient (Wildman–Crippen LogP) is 3.92. The van der Waals surface area contributed by atoms with Crippen molar-refractivity contribution in [3.8, 4) is 0 Å². The minimum absolute atomic E-state index is 0.132. The van der Waals surface area contributed by atoms with Gasteiger partial charge >= 0.3 is 11.6 Å². The van der Waals surface area contributed by atoms with E-state index in [1.54, 1.807) is 18.2 Å². The molecule has 0 radical (unpaired) electrons. The molecule has 0 saturated carbocycles. The molecule has 1 aromatic carbocycles. The van der Waals surface area contributed by atoms with Crippen LogP contribution in [0.5, 0.6) is 0 Å². The number of methoxy groups -OCH3 is 1. The molecule has 3 rings (SSSR count). The number of anilines is 1. The van der Waals surface area contributed by atoms with E-state index in [0.717, 1.165) is 9.90 Å². The van der Waals surface area contributed by atoms with Gasteiger partial charge in [-0.1, -0.05) is 0 Å². The fourth-order valence-corrected chi connectivity index (χ4v) is 3.84. The Balaban J connectivity index is 1.91. The maximum absolute atomic E-state index is 13.0. The molecule has 0 aliphatic carbocycles. The maximum Gasteiger partial charge on any atom is 0.351 e. The van der Waals surface area contributed by atoms with E-state index in [2.05, 4.69) is 4.74 Å². The van der Waals surface area contributed by atoms with Crippen LogP contribution < -0.4 is 9.93 Å². The van der Waals surface area contributed by atoms with Gasteiger partial charge in [-0.25, -0.2) is 14.0 Å². The van der Waals surface area contributed by atoms with Gasteiger partial charge in [0.05, 0.1) is 11.8 Å². The molecule has 2 heterocycles. The number of rotatable bonds is 4. The molecule has 0 N–H and O–H groups in total. The Morgan fingerprint density at radius 3 is 2.67 bits per heavy atom. The Hall–Kier alpha value is -2.32. The van der Waals surface area contributed by atoms with Crippen molar-refractivity contribution < 1.29 is 18.3 Å². The number of esters is 1. The predicted molar refractivity (Wildman–Crippen MR) is 92.4 cm³/mol. The van der Waals surface area contributed by atoms with Gasteiger partial charge in [0, 0.05) is 18.0 Å². The van der Waals surface area contributed by atoms with E-state index in [0.29, 0.717) is 10.3 Å². The number of ether oxygens (including phenoxy) is 1. The highest BCUT2D eigenvalue weighted by Gasteiger charge is 2.17. The van der Waals surface area contributed by atoms with Crippen molar-refractivity contribution in [1.82, 2.24) is 0 Å². The summed E-state index contributed by atoms with van der Waals surface area (Å²) in [6, 6.07) is 9.33. The molecule has 2 aromatic heterocycles. The normalized spacial score (nSPS) is 10.8. The minimum atomic E-state index is -0.729. The Morgan fingerprint density at radius 2 is 2.00 bits per heavy atom. The summed E-state index contributed by atoms with van der Waals surface area (Å²) in [6.07, 6.45) is 0. The standard InChI is InChI=1S/C16H12FNO4S2/c1-18(24-10-5-3-9(17)4-6-10)14-8-12-13(23-14)7-11(15(19)21-2)16(20)22-12/h3-8H,1-2H3. The highest BCUT2D eigenvalue weighted by Crippen LogP contribution is 2.36. The van der Waals surface area contributed by atoms with E-state index < -0.39 is 11.6 Å². The molecule has 124 valence electrons. The lowest BCUT2D eigenvalue weighted by Gasteiger charge is -2.14. The zero-order valence-corrected chi connectivity index (χ0v) is 14.4. The Kier molecular flexibility index (Phi) is 4.59. The van der Waals surface area contributed by atoms with E-state index in [9.17, 15) is 14.0 Å². The summed E-state index contributed by atoms with van der Waals surface area (Å²) >= 11 is 2.77. The zero-order valence-electron chi connectivity index (χ0n) is 12.7. The van der Waals surface area contributed by atoms with Gasteiger partial charge in [-0.15, -0.1) is 11.3 Å². The fraction of sp³-hybridized carbons (Fsp3) is 0.125. The first-order chi connectivity index (χ1) is 11.5. The van der Waals surface area contributed by atoms with Crippen LogP contribution in [0.4, 0.5) is 9.39 Å². The SMILES string of the molecule is COC(=O)c1cc2sc(N(C)Sc3ccc(F)cc3)cc2oc1=O. The second-order valence-corrected chi connectivity index (χ2v) is 7.06. The van der Waals surface area contributed by atoms with E-state index in [1.165, 1.54) is 48.6 Å². The van der Waals surface area contributed by atoms with Crippen molar-refractivity contribution in [2.24, 2.45) is 0 Å². The number of benzene rings is 1. The number of fused-ring (bicyclic) bond motifs is 1. The van der Waals surface area contributed by atoms with Crippen LogP contribution in [0.15, 0.2) is 50.5 Å². The van der Waals surface area contributed by atoms with Crippen LogP contribution >= 0.6 is 23.3 Å². The topological polar surface area (TPSA) is 59.8 Å². The lowest BCUT2D eigenvalue weighted by Crippen LogP contribution is -2.14. The highest BCUT2D eigenvalue weighted by atomic mass is 32.2. The molecule has 0 aliphatic rings. The Labute approximate surface area is 144 Å². The number of nitrogens with zero attached hydrogens (tertiary/aromatic N) is 1. The molecule has 24 heavy (non-hydrogen) atoms. The second kappa shape index (κ2) is 6.66. The molecule has 0 saturated heterocycles. The smallest absolute Gasteiger partial charge is 0.351 e. The van der Waals surface area contributed by atoms with Crippen LogP contribution in [0.2, 0.25) is 0 Å². The third kappa shape index (κ3) is 3.29. The van der Waals surface area contributed by atoms with Gasteiger partial charge in [-0.2, -0.15) is 0 Å². The molecule has 8 heteroatoms. The number of hydrogen-bond acceptors (Lipinski definition) is 7. The van der Waals surface area contributed by atoms with Crippen molar-refractivity contribution in [2.45, 2.75) is 4.90 Å². The van der Waals surface area contributed by atoms with E-state index >= 15 is 0 Å². The van der Waals surface area contributed by atoms with Gasteiger partial charge < -0.3 is 13.5 Å². The highest BCUT2D eigenvalue weighted by molar-refractivity contribution is 8.00. The number of hydrogen-bond donors (Lipinski definition) is 0. The maximum atomic E-state index is 13.0. The van der Waals surface area contributed by atoms with Crippen molar-refractivity contribution in [3.05, 3.63) is 58.2 Å². The largest absolute Gasteiger partial charge is 0.465 e. The van der Waals surface area contributed by atoms with Crippen molar-refractivity contribution >= 4 is 44.5 Å². The lowest BCUT2D eigenvalue weighted by atomic mass is 10.3. The molecule has 5 nitrogen and oxygen atoms in total. The van der Waals surface area contributed by atoms with Crippen LogP contribution in [-0.4, -0.2) is 20.1 Å². The quantitative estimate of drug-likeness (QED) is 0.516. The summed E-state index contributed by atoms with van der Waals surface area (Å²) in [5.41, 5.74) is -0.459. The van der Waals surface area contributed by atoms with E-state index in [-0.39, 0.29) is 11.4 Å². The molecule has 0 bridgehead atoms. The van der Waals surface area contributed by atoms with Crippen molar-refractivity contribution in [2.75, 3.05) is 18.5 Å². The van der Waals surface area contributed by atoms with Gasteiger partial charge in [-0.05, 0) is 42.3 Å². The van der Waals surface area contributed by atoms with E-state index in [4.69, 9.17) is 4.42 Å². The van der Waals surface area contributed by atoms with Crippen LogP contribution in [0.3, 0.4) is 0 Å². The molecule has 0 aliphatic heterocycles. The van der Waals surface area contributed by atoms with Crippen LogP contribution in [0.1, 0.15) is 10.4 Å². The molecular weight excluding hydrogens is 353 g/mol. The molecule has 0 amide bonds. The first-order valence-corrected chi connectivity index (χ1v) is 8.40. The molecule has 0 fully saturated rings. The van der Waals surface area contributed by atoms with E-state index in [1.807, 2.05) is 11.4 Å². The van der Waals surface area contributed by atoms with Gasteiger partial charge in [0.15, 0.2) is 5.58 Å². The lowest BCUT2D eigenvalue weighted by molar-refractivity contribution is 0.0596. The Morgan fingerprint density at radius 1 is 1.29 bits per heavy atom. The summed E-state index contributed by atoms with van der Waals surface area (Å²) < 4.78 is 25.2. The summed E-state index contributed by atoms with van der Waals surface area (Å²) in [6.45, 7) is 0. The number of halogens is 1. The number of carbonyl (C=O) groups is 1. The first-order valence-electron chi connectivity index (χ1n) is 6.81. The fourth-order valence-electron chi connectivity index (χ4n) is 2.01. The molecular formula is C16H12FNO4S2. The zero-order chi connectivity index (χ0) is 17.3. The summed E-state index contributed by atoms with van der Waals surface area (Å²) in [4.78, 5) is 24.3. The first kappa shape index (κ1) is 16.5. The van der Waals surface area contributed by atoms with Crippen molar-refractivity contribution in [1.29, 1.82) is 0 Å².